The van der Waals surface area contributed by atoms with E-state index in [4.69, 9.17) is 9.15 Å². The fourth-order valence-electron chi connectivity index (χ4n) is 2.98. The second kappa shape index (κ2) is 4.94. The Morgan fingerprint density at radius 2 is 2.18 bits per heavy atom. The zero-order valence-corrected chi connectivity index (χ0v) is 12.0. The Balaban J connectivity index is 1.77. The van der Waals surface area contributed by atoms with Gasteiger partial charge in [0.1, 0.15) is 17.9 Å². The molecule has 0 unspecified atom stereocenters. The van der Waals surface area contributed by atoms with E-state index in [-0.39, 0.29) is 12.2 Å². The molecule has 0 fully saturated rings. The zero-order chi connectivity index (χ0) is 15.1. The molecule has 7 nitrogen and oxygen atoms in total. The van der Waals surface area contributed by atoms with Gasteiger partial charge >= 0.3 is 5.63 Å². The summed E-state index contributed by atoms with van der Waals surface area (Å²) in [6.45, 7) is 2.05. The lowest BCUT2D eigenvalue weighted by Crippen LogP contribution is -2.08. The molecule has 1 aromatic carbocycles. The second-order valence-electron chi connectivity index (χ2n) is 5.35. The number of rotatable bonds is 3. The van der Waals surface area contributed by atoms with Crippen LogP contribution in [0.1, 0.15) is 28.9 Å². The highest BCUT2D eigenvalue weighted by molar-refractivity contribution is 5.86. The lowest BCUT2D eigenvalue weighted by Gasteiger charge is -2.12. The van der Waals surface area contributed by atoms with E-state index >= 15 is 0 Å². The molecule has 0 N–H and O–H groups in total. The molecule has 2 aromatic heterocycles. The first-order chi connectivity index (χ1) is 10.7. The minimum Gasteiger partial charge on any atom is -0.488 e. The Bertz CT molecular complexity index is 899. The summed E-state index contributed by atoms with van der Waals surface area (Å²) in [4.78, 5) is 12.1. The molecule has 0 atom stereocenters. The van der Waals surface area contributed by atoms with Gasteiger partial charge in [0.15, 0.2) is 0 Å². The predicted molar refractivity (Wildman–Crippen MR) is 76.7 cm³/mol. The van der Waals surface area contributed by atoms with Gasteiger partial charge in [0.25, 0.3) is 0 Å². The Labute approximate surface area is 125 Å². The minimum absolute atomic E-state index is 0.175. The van der Waals surface area contributed by atoms with E-state index in [9.17, 15) is 4.79 Å². The SMILES string of the molecule is Cc1c(OCc2nnn[n-]2)ccc2c3c(c(=O)oc12)CCC3. The number of hydrogen-bond donors (Lipinski definition) is 0. The number of nitrogens with zero attached hydrogens (tertiary/aromatic N) is 4. The highest BCUT2D eigenvalue weighted by Crippen LogP contribution is 2.33. The van der Waals surface area contributed by atoms with Crippen LogP contribution in [0.5, 0.6) is 5.75 Å². The molecular formula is C15H13N4O3-. The van der Waals surface area contributed by atoms with Crippen molar-refractivity contribution in [2.45, 2.75) is 32.8 Å². The van der Waals surface area contributed by atoms with Gasteiger partial charge in [0.2, 0.25) is 0 Å². The normalized spacial score (nSPS) is 13.5. The third kappa shape index (κ3) is 1.97. The standard InChI is InChI=1S/C15H13N4O3/c1-8-12(21-7-13-16-18-19-17-13)6-5-10-9-3-2-4-11(9)15(20)22-14(8)10/h5-6H,2-4,7H2,1H3/q-1. The summed E-state index contributed by atoms with van der Waals surface area (Å²) in [6.07, 6.45) is 2.74. The van der Waals surface area contributed by atoms with Crippen LogP contribution in [0.15, 0.2) is 21.3 Å². The summed E-state index contributed by atoms with van der Waals surface area (Å²) in [5, 5.41) is 15.2. The van der Waals surface area contributed by atoms with Crippen LogP contribution in [0, 0.1) is 6.92 Å². The van der Waals surface area contributed by atoms with Gasteiger partial charge in [-0.3, -0.25) is 10.3 Å². The summed E-state index contributed by atoms with van der Waals surface area (Å²) >= 11 is 0. The monoisotopic (exact) mass is 297 g/mol. The smallest absolute Gasteiger partial charge is 0.339 e. The van der Waals surface area contributed by atoms with E-state index in [1.807, 2.05) is 19.1 Å². The average molecular weight is 297 g/mol. The largest absolute Gasteiger partial charge is 0.488 e. The van der Waals surface area contributed by atoms with Crippen molar-refractivity contribution in [1.82, 2.24) is 20.6 Å². The molecule has 0 bridgehead atoms. The maximum atomic E-state index is 12.1. The van der Waals surface area contributed by atoms with Crippen molar-refractivity contribution in [2.24, 2.45) is 0 Å². The van der Waals surface area contributed by atoms with Gasteiger partial charge in [0.05, 0.1) is 0 Å². The molecule has 1 aliphatic rings. The number of aryl methyl sites for hydroxylation is 2. The summed E-state index contributed by atoms with van der Waals surface area (Å²) in [5.74, 6) is 1.05. The first-order valence-electron chi connectivity index (χ1n) is 7.12. The van der Waals surface area contributed by atoms with Crippen LogP contribution in [0.2, 0.25) is 0 Å². The van der Waals surface area contributed by atoms with Crippen LogP contribution >= 0.6 is 0 Å². The maximum Gasteiger partial charge on any atom is 0.339 e. The van der Waals surface area contributed by atoms with E-state index in [2.05, 4.69) is 20.6 Å². The molecule has 4 rings (SSSR count). The van der Waals surface area contributed by atoms with Gasteiger partial charge in [-0.05, 0) is 43.9 Å². The van der Waals surface area contributed by atoms with E-state index < -0.39 is 0 Å². The Morgan fingerprint density at radius 3 is 3.00 bits per heavy atom. The van der Waals surface area contributed by atoms with Crippen molar-refractivity contribution >= 4 is 11.0 Å². The Hall–Kier alpha value is -2.70. The average Bonchev–Trinajstić information content (AvgIpc) is 3.19. The van der Waals surface area contributed by atoms with Gasteiger partial charge in [-0.15, -0.1) is 0 Å². The van der Waals surface area contributed by atoms with Crippen LogP contribution in [0.25, 0.3) is 11.0 Å². The third-order valence-corrected chi connectivity index (χ3v) is 4.06. The maximum absolute atomic E-state index is 12.1. The second-order valence-corrected chi connectivity index (χ2v) is 5.35. The third-order valence-electron chi connectivity index (χ3n) is 4.06. The molecule has 0 saturated carbocycles. The lowest BCUT2D eigenvalue weighted by molar-refractivity contribution is 0.293. The van der Waals surface area contributed by atoms with E-state index in [1.54, 1.807) is 0 Å². The van der Waals surface area contributed by atoms with Crippen LogP contribution < -0.4 is 15.5 Å². The van der Waals surface area contributed by atoms with Gasteiger partial charge in [-0.2, -0.15) is 5.21 Å². The molecule has 22 heavy (non-hydrogen) atoms. The van der Waals surface area contributed by atoms with E-state index in [1.165, 1.54) is 0 Å². The van der Waals surface area contributed by atoms with Crippen LogP contribution in [0.4, 0.5) is 0 Å². The number of benzene rings is 1. The number of fused-ring (bicyclic) bond motifs is 3. The number of hydrogen-bond acceptors (Lipinski definition) is 6. The summed E-state index contributed by atoms with van der Waals surface area (Å²) in [6, 6.07) is 3.84. The molecule has 3 aromatic rings. The highest BCUT2D eigenvalue weighted by Gasteiger charge is 2.21. The van der Waals surface area contributed by atoms with Gasteiger partial charge in [0, 0.05) is 22.3 Å². The highest BCUT2D eigenvalue weighted by atomic mass is 16.5. The zero-order valence-electron chi connectivity index (χ0n) is 12.0. The topological polar surface area (TPSA) is 92.2 Å². The summed E-state index contributed by atoms with van der Waals surface area (Å²) < 4.78 is 11.2. The number of tetrazole rings is 1. The molecule has 112 valence electrons. The van der Waals surface area contributed by atoms with Crippen molar-refractivity contribution < 1.29 is 9.15 Å². The van der Waals surface area contributed by atoms with Crippen molar-refractivity contribution in [3.63, 3.8) is 0 Å². The molecule has 2 heterocycles. The van der Waals surface area contributed by atoms with Gasteiger partial charge < -0.3 is 14.3 Å². The van der Waals surface area contributed by atoms with Gasteiger partial charge in [-0.25, -0.2) is 4.79 Å². The number of aromatic nitrogens is 4. The first-order valence-corrected chi connectivity index (χ1v) is 7.12. The molecule has 0 saturated heterocycles. The molecular weight excluding hydrogens is 284 g/mol. The minimum atomic E-state index is -0.229. The molecule has 0 amide bonds. The van der Waals surface area contributed by atoms with Crippen LogP contribution in [-0.2, 0) is 19.4 Å². The van der Waals surface area contributed by atoms with Crippen LogP contribution in [-0.4, -0.2) is 15.5 Å². The van der Waals surface area contributed by atoms with Crippen molar-refractivity contribution in [1.29, 1.82) is 0 Å². The molecule has 7 heteroatoms. The first kappa shape index (κ1) is 13.0. The summed E-state index contributed by atoms with van der Waals surface area (Å²) in [5.41, 5.74) is 3.11. The van der Waals surface area contributed by atoms with Crippen molar-refractivity contribution in [2.75, 3.05) is 0 Å². The van der Waals surface area contributed by atoms with Crippen molar-refractivity contribution in [3.8, 4) is 5.75 Å². The predicted octanol–water partition coefficient (Wildman–Crippen LogP) is 1.31. The van der Waals surface area contributed by atoms with Gasteiger partial charge in [-0.1, -0.05) is 0 Å². The lowest BCUT2D eigenvalue weighted by atomic mass is 10.0. The fraction of sp³-hybridized carbons (Fsp3) is 0.333. The summed E-state index contributed by atoms with van der Waals surface area (Å²) in [7, 11) is 0. The quantitative estimate of drug-likeness (QED) is 0.673. The Kier molecular flexibility index (Phi) is 2.92. The van der Waals surface area contributed by atoms with Crippen LogP contribution in [0.3, 0.4) is 0 Å². The molecule has 0 aliphatic heterocycles. The molecule has 1 aliphatic carbocycles. The Morgan fingerprint density at radius 1 is 1.32 bits per heavy atom. The molecule has 0 radical (unpaired) electrons. The van der Waals surface area contributed by atoms with E-state index in [0.29, 0.717) is 17.2 Å². The van der Waals surface area contributed by atoms with Crippen molar-refractivity contribution in [3.05, 3.63) is 45.1 Å². The number of ether oxygens (including phenoxy) is 1. The molecule has 0 spiro atoms. The van der Waals surface area contributed by atoms with E-state index in [0.717, 1.165) is 41.3 Å². The fourth-order valence-corrected chi connectivity index (χ4v) is 2.98.